The van der Waals surface area contributed by atoms with Gasteiger partial charge in [0.25, 0.3) is 0 Å². The largest absolute Gasteiger partial charge is 0.494 e. The molecule has 0 fully saturated rings. The third-order valence-corrected chi connectivity index (χ3v) is 3.44. The fourth-order valence-electron chi connectivity index (χ4n) is 2.35. The number of aryl methyl sites for hydroxylation is 2. The van der Waals surface area contributed by atoms with E-state index in [0.717, 1.165) is 23.4 Å². The number of aromatic nitrogens is 2. The maximum atomic E-state index is 13.8. The van der Waals surface area contributed by atoms with Crippen molar-refractivity contribution < 1.29 is 9.13 Å². The standard InChI is InChI=1S/C15H20FN3O/c1-10-7-12(19(3)18-10)9-14(17-2)11-5-6-15(20-4)13(16)8-11/h5-8,14,17H,9H2,1-4H3. The van der Waals surface area contributed by atoms with Crippen LogP contribution in [0.25, 0.3) is 0 Å². The molecule has 1 aromatic heterocycles. The summed E-state index contributed by atoms with van der Waals surface area (Å²) in [5, 5.41) is 7.55. The Labute approximate surface area is 118 Å². The molecule has 0 amide bonds. The fraction of sp³-hybridized carbons (Fsp3) is 0.400. The highest BCUT2D eigenvalue weighted by Crippen LogP contribution is 2.24. The van der Waals surface area contributed by atoms with Gasteiger partial charge in [0.2, 0.25) is 0 Å². The van der Waals surface area contributed by atoms with Gasteiger partial charge in [-0.15, -0.1) is 0 Å². The lowest BCUT2D eigenvalue weighted by Crippen LogP contribution is -2.20. The predicted molar refractivity (Wildman–Crippen MR) is 76.4 cm³/mol. The molecule has 1 atom stereocenters. The minimum atomic E-state index is -0.341. The van der Waals surface area contributed by atoms with Gasteiger partial charge in [0.15, 0.2) is 11.6 Å². The van der Waals surface area contributed by atoms with Crippen molar-refractivity contribution in [3.8, 4) is 5.75 Å². The zero-order valence-electron chi connectivity index (χ0n) is 12.3. The maximum absolute atomic E-state index is 13.8. The Hall–Kier alpha value is -1.88. The van der Waals surface area contributed by atoms with Gasteiger partial charge in [-0.25, -0.2) is 4.39 Å². The number of halogens is 1. The summed E-state index contributed by atoms with van der Waals surface area (Å²) in [5.41, 5.74) is 2.99. The lowest BCUT2D eigenvalue weighted by atomic mass is 10.0. The SMILES string of the molecule is CNC(Cc1cc(C)nn1C)c1ccc(OC)c(F)c1. The van der Waals surface area contributed by atoms with E-state index >= 15 is 0 Å². The number of nitrogens with one attached hydrogen (secondary N) is 1. The van der Waals surface area contributed by atoms with Crippen molar-refractivity contribution >= 4 is 0 Å². The number of hydrogen-bond donors (Lipinski definition) is 1. The Morgan fingerprint density at radius 1 is 1.40 bits per heavy atom. The topological polar surface area (TPSA) is 39.1 Å². The molecule has 4 nitrogen and oxygen atoms in total. The highest BCUT2D eigenvalue weighted by atomic mass is 19.1. The van der Waals surface area contributed by atoms with Gasteiger partial charge in [-0.1, -0.05) is 6.07 Å². The van der Waals surface area contributed by atoms with Crippen LogP contribution < -0.4 is 10.1 Å². The first-order chi connectivity index (χ1) is 9.55. The van der Waals surface area contributed by atoms with Crippen LogP contribution >= 0.6 is 0 Å². The van der Waals surface area contributed by atoms with Gasteiger partial charge in [0.1, 0.15) is 0 Å². The van der Waals surface area contributed by atoms with Crippen LogP contribution in [0, 0.1) is 12.7 Å². The van der Waals surface area contributed by atoms with Gasteiger partial charge in [-0.2, -0.15) is 5.10 Å². The van der Waals surface area contributed by atoms with Gasteiger partial charge in [-0.05, 0) is 37.7 Å². The number of nitrogens with zero attached hydrogens (tertiary/aromatic N) is 2. The number of likely N-dealkylation sites (N-methyl/N-ethyl adjacent to an activating group) is 1. The molecule has 0 aliphatic heterocycles. The Kier molecular flexibility index (Phi) is 4.39. The zero-order chi connectivity index (χ0) is 14.7. The number of hydrogen-bond acceptors (Lipinski definition) is 3. The Morgan fingerprint density at radius 2 is 2.15 bits per heavy atom. The van der Waals surface area contributed by atoms with Gasteiger partial charge < -0.3 is 10.1 Å². The van der Waals surface area contributed by atoms with Crippen molar-refractivity contribution in [1.29, 1.82) is 0 Å². The highest BCUT2D eigenvalue weighted by Gasteiger charge is 2.15. The van der Waals surface area contributed by atoms with E-state index < -0.39 is 0 Å². The summed E-state index contributed by atoms with van der Waals surface area (Å²) in [6.45, 7) is 1.96. The van der Waals surface area contributed by atoms with Crippen LogP contribution in [0.2, 0.25) is 0 Å². The summed E-state index contributed by atoms with van der Waals surface area (Å²) in [7, 11) is 5.26. The van der Waals surface area contributed by atoms with E-state index in [4.69, 9.17) is 4.74 Å². The molecule has 0 saturated carbocycles. The smallest absolute Gasteiger partial charge is 0.165 e. The highest BCUT2D eigenvalue weighted by molar-refractivity contribution is 5.31. The average Bonchev–Trinajstić information content (AvgIpc) is 2.74. The quantitative estimate of drug-likeness (QED) is 0.912. The van der Waals surface area contributed by atoms with E-state index in [2.05, 4.69) is 10.4 Å². The first-order valence-electron chi connectivity index (χ1n) is 6.55. The lowest BCUT2D eigenvalue weighted by Gasteiger charge is -2.17. The molecule has 2 aromatic rings. The number of ether oxygens (including phenoxy) is 1. The molecule has 0 aliphatic carbocycles. The molecule has 0 spiro atoms. The van der Waals surface area contributed by atoms with Gasteiger partial charge in [0.05, 0.1) is 12.8 Å². The van der Waals surface area contributed by atoms with E-state index in [9.17, 15) is 4.39 Å². The van der Waals surface area contributed by atoms with Crippen LogP contribution in [-0.4, -0.2) is 23.9 Å². The number of rotatable bonds is 5. The molecule has 0 bridgehead atoms. The molecule has 1 aromatic carbocycles. The van der Waals surface area contributed by atoms with Crippen molar-refractivity contribution in [2.75, 3.05) is 14.2 Å². The van der Waals surface area contributed by atoms with E-state index in [-0.39, 0.29) is 17.6 Å². The predicted octanol–water partition coefficient (Wildman–Crippen LogP) is 2.38. The van der Waals surface area contributed by atoms with Gasteiger partial charge in [0, 0.05) is 25.2 Å². The molecule has 1 N–H and O–H groups in total. The summed E-state index contributed by atoms with van der Waals surface area (Å²) in [6, 6.07) is 7.13. The Bertz CT molecular complexity index is 595. The average molecular weight is 277 g/mol. The summed E-state index contributed by atoms with van der Waals surface area (Å²) in [6.07, 6.45) is 0.750. The molecule has 0 saturated heterocycles. The molecular weight excluding hydrogens is 257 g/mol. The van der Waals surface area contributed by atoms with Crippen molar-refractivity contribution in [2.24, 2.45) is 7.05 Å². The van der Waals surface area contributed by atoms with Crippen LogP contribution in [0.5, 0.6) is 5.75 Å². The molecule has 0 aliphatic rings. The summed E-state index contributed by atoms with van der Waals surface area (Å²) in [5.74, 6) is -0.0774. The van der Waals surface area contributed by atoms with Crippen molar-refractivity contribution in [3.63, 3.8) is 0 Å². The lowest BCUT2D eigenvalue weighted by molar-refractivity contribution is 0.385. The van der Waals surface area contributed by atoms with Crippen LogP contribution in [0.15, 0.2) is 24.3 Å². The molecule has 5 heteroatoms. The molecule has 2 rings (SSSR count). The molecule has 20 heavy (non-hydrogen) atoms. The summed E-state index contributed by atoms with van der Waals surface area (Å²) < 4.78 is 20.6. The Morgan fingerprint density at radius 3 is 2.65 bits per heavy atom. The zero-order valence-corrected chi connectivity index (χ0v) is 12.3. The van der Waals surface area contributed by atoms with Crippen LogP contribution in [0.4, 0.5) is 4.39 Å². The monoisotopic (exact) mass is 277 g/mol. The fourth-order valence-corrected chi connectivity index (χ4v) is 2.35. The Balaban J connectivity index is 2.24. The molecular formula is C15H20FN3O. The van der Waals surface area contributed by atoms with Crippen LogP contribution in [0.3, 0.4) is 0 Å². The molecule has 108 valence electrons. The minimum absolute atomic E-state index is 0.0326. The molecule has 0 radical (unpaired) electrons. The number of methoxy groups -OCH3 is 1. The van der Waals surface area contributed by atoms with E-state index in [1.54, 1.807) is 6.07 Å². The summed E-state index contributed by atoms with van der Waals surface area (Å²) in [4.78, 5) is 0. The maximum Gasteiger partial charge on any atom is 0.165 e. The normalized spacial score (nSPS) is 12.4. The van der Waals surface area contributed by atoms with Gasteiger partial charge >= 0.3 is 0 Å². The van der Waals surface area contributed by atoms with Crippen molar-refractivity contribution in [1.82, 2.24) is 15.1 Å². The first-order valence-corrected chi connectivity index (χ1v) is 6.55. The molecule has 1 unspecified atom stereocenters. The minimum Gasteiger partial charge on any atom is -0.494 e. The van der Waals surface area contributed by atoms with E-state index in [1.165, 1.54) is 13.2 Å². The first kappa shape index (κ1) is 14.5. The van der Waals surface area contributed by atoms with Crippen LogP contribution in [0.1, 0.15) is 23.0 Å². The van der Waals surface area contributed by atoms with Crippen molar-refractivity contribution in [3.05, 3.63) is 47.0 Å². The van der Waals surface area contributed by atoms with Crippen molar-refractivity contribution in [2.45, 2.75) is 19.4 Å². The van der Waals surface area contributed by atoms with Gasteiger partial charge in [-0.3, -0.25) is 4.68 Å². The summed E-state index contributed by atoms with van der Waals surface area (Å²) >= 11 is 0. The third-order valence-electron chi connectivity index (χ3n) is 3.44. The van der Waals surface area contributed by atoms with Crippen LogP contribution in [-0.2, 0) is 13.5 Å². The molecule has 1 heterocycles. The second-order valence-electron chi connectivity index (χ2n) is 4.84. The van der Waals surface area contributed by atoms with E-state index in [0.29, 0.717) is 0 Å². The number of benzene rings is 1. The second-order valence-corrected chi connectivity index (χ2v) is 4.84. The second kappa shape index (κ2) is 6.05. The third kappa shape index (κ3) is 2.99. The van der Waals surface area contributed by atoms with E-state index in [1.807, 2.05) is 37.8 Å².